The zero-order valence-corrected chi connectivity index (χ0v) is 13.6. The summed E-state index contributed by atoms with van der Waals surface area (Å²) in [4.78, 5) is 12.2. The SMILES string of the molecule is CC(C)CC(CN)C(=O)NC(C)c1ccc(Cl)cc1Cl. The Morgan fingerprint density at radius 2 is 1.95 bits per heavy atom. The van der Waals surface area contributed by atoms with Crippen LogP contribution in [-0.2, 0) is 4.79 Å². The molecule has 1 aromatic rings. The van der Waals surface area contributed by atoms with E-state index in [9.17, 15) is 4.79 Å². The van der Waals surface area contributed by atoms with E-state index in [0.29, 0.717) is 22.5 Å². The number of hydrogen-bond donors (Lipinski definition) is 2. The Kier molecular flexibility index (Phi) is 6.80. The van der Waals surface area contributed by atoms with E-state index < -0.39 is 0 Å². The fraction of sp³-hybridized carbons (Fsp3) is 0.533. The van der Waals surface area contributed by atoms with Crippen molar-refractivity contribution in [3.63, 3.8) is 0 Å². The molecule has 0 radical (unpaired) electrons. The minimum absolute atomic E-state index is 0.0280. The molecular weight excluding hydrogens is 295 g/mol. The van der Waals surface area contributed by atoms with Crippen LogP contribution in [0.15, 0.2) is 18.2 Å². The smallest absolute Gasteiger partial charge is 0.224 e. The molecule has 0 aliphatic carbocycles. The molecule has 0 saturated heterocycles. The van der Waals surface area contributed by atoms with Gasteiger partial charge in [0.2, 0.25) is 5.91 Å². The number of nitrogens with two attached hydrogens (primary N) is 1. The molecule has 3 N–H and O–H groups in total. The zero-order chi connectivity index (χ0) is 15.3. The number of nitrogens with one attached hydrogen (secondary N) is 1. The lowest BCUT2D eigenvalue weighted by Crippen LogP contribution is -2.37. The van der Waals surface area contributed by atoms with Gasteiger partial charge in [-0.2, -0.15) is 0 Å². The summed E-state index contributed by atoms with van der Waals surface area (Å²) in [6, 6.07) is 5.10. The van der Waals surface area contributed by atoms with Crippen LogP contribution < -0.4 is 11.1 Å². The van der Waals surface area contributed by atoms with Crippen LogP contribution in [0.25, 0.3) is 0 Å². The molecule has 0 spiro atoms. The average molecular weight is 317 g/mol. The van der Waals surface area contributed by atoms with E-state index in [1.54, 1.807) is 12.1 Å². The number of carbonyl (C=O) groups is 1. The Morgan fingerprint density at radius 3 is 2.45 bits per heavy atom. The summed E-state index contributed by atoms with van der Waals surface area (Å²) >= 11 is 12.0. The third kappa shape index (κ3) is 4.97. The van der Waals surface area contributed by atoms with Crippen molar-refractivity contribution in [2.24, 2.45) is 17.6 Å². The quantitative estimate of drug-likeness (QED) is 0.838. The second-order valence-electron chi connectivity index (χ2n) is 5.46. The summed E-state index contributed by atoms with van der Waals surface area (Å²) in [6.07, 6.45) is 0.781. The predicted octanol–water partition coefficient (Wildman–Crippen LogP) is 3.79. The zero-order valence-electron chi connectivity index (χ0n) is 12.1. The summed E-state index contributed by atoms with van der Waals surface area (Å²) in [7, 11) is 0. The molecule has 20 heavy (non-hydrogen) atoms. The second kappa shape index (κ2) is 7.87. The lowest BCUT2D eigenvalue weighted by molar-refractivity contribution is -0.125. The summed E-state index contributed by atoms with van der Waals surface area (Å²) in [6.45, 7) is 6.41. The first-order chi connectivity index (χ1) is 9.35. The van der Waals surface area contributed by atoms with Gasteiger partial charge in [0.15, 0.2) is 0 Å². The minimum atomic E-state index is -0.173. The van der Waals surface area contributed by atoms with Crippen molar-refractivity contribution in [3.8, 4) is 0 Å². The molecule has 0 heterocycles. The van der Waals surface area contributed by atoms with Gasteiger partial charge in [-0.15, -0.1) is 0 Å². The van der Waals surface area contributed by atoms with E-state index >= 15 is 0 Å². The lowest BCUT2D eigenvalue weighted by atomic mass is 9.96. The summed E-state index contributed by atoms with van der Waals surface area (Å²) in [5.41, 5.74) is 6.53. The Balaban J connectivity index is 2.73. The van der Waals surface area contributed by atoms with E-state index in [1.807, 2.05) is 13.0 Å². The fourth-order valence-electron chi connectivity index (χ4n) is 2.14. The van der Waals surface area contributed by atoms with Gasteiger partial charge >= 0.3 is 0 Å². The van der Waals surface area contributed by atoms with Crippen LogP contribution in [-0.4, -0.2) is 12.5 Å². The highest BCUT2D eigenvalue weighted by atomic mass is 35.5. The molecule has 112 valence electrons. The van der Waals surface area contributed by atoms with E-state index in [4.69, 9.17) is 28.9 Å². The number of benzene rings is 1. The first-order valence-electron chi connectivity index (χ1n) is 6.80. The maximum absolute atomic E-state index is 12.2. The maximum Gasteiger partial charge on any atom is 0.224 e. The van der Waals surface area contributed by atoms with Gasteiger partial charge in [-0.1, -0.05) is 43.1 Å². The van der Waals surface area contributed by atoms with Gasteiger partial charge in [0.25, 0.3) is 0 Å². The van der Waals surface area contributed by atoms with Crippen LogP contribution in [0.4, 0.5) is 0 Å². The van der Waals surface area contributed by atoms with Gasteiger partial charge in [-0.05, 0) is 37.0 Å². The normalized spacial score (nSPS) is 14.2. The van der Waals surface area contributed by atoms with Crippen LogP contribution in [0.3, 0.4) is 0 Å². The lowest BCUT2D eigenvalue weighted by Gasteiger charge is -2.21. The van der Waals surface area contributed by atoms with Gasteiger partial charge in [-0.3, -0.25) is 4.79 Å². The topological polar surface area (TPSA) is 55.1 Å². The number of amides is 1. The number of halogens is 2. The standard InChI is InChI=1S/C15H22Cl2N2O/c1-9(2)6-11(8-18)15(20)19-10(3)13-5-4-12(16)7-14(13)17/h4-5,7,9-11H,6,8,18H2,1-3H3,(H,19,20). The third-order valence-corrected chi connectivity index (χ3v) is 3.76. The first kappa shape index (κ1) is 17.3. The van der Waals surface area contributed by atoms with Crippen molar-refractivity contribution in [2.45, 2.75) is 33.2 Å². The maximum atomic E-state index is 12.2. The highest BCUT2D eigenvalue weighted by molar-refractivity contribution is 6.35. The Morgan fingerprint density at radius 1 is 1.30 bits per heavy atom. The van der Waals surface area contributed by atoms with E-state index in [0.717, 1.165) is 12.0 Å². The van der Waals surface area contributed by atoms with Crippen LogP contribution >= 0.6 is 23.2 Å². The van der Waals surface area contributed by atoms with E-state index in [-0.39, 0.29) is 17.9 Å². The van der Waals surface area contributed by atoms with Crippen molar-refractivity contribution in [1.82, 2.24) is 5.32 Å². The molecule has 2 atom stereocenters. The molecule has 0 saturated carbocycles. The van der Waals surface area contributed by atoms with Crippen LogP contribution in [0, 0.1) is 11.8 Å². The number of hydrogen-bond acceptors (Lipinski definition) is 2. The molecule has 1 amide bonds. The highest BCUT2D eigenvalue weighted by Gasteiger charge is 2.21. The van der Waals surface area contributed by atoms with Crippen molar-refractivity contribution < 1.29 is 4.79 Å². The van der Waals surface area contributed by atoms with Crippen LogP contribution in [0.2, 0.25) is 10.0 Å². The Labute approximate surface area is 130 Å². The van der Waals surface area contributed by atoms with Crippen molar-refractivity contribution >= 4 is 29.1 Å². The largest absolute Gasteiger partial charge is 0.349 e. The van der Waals surface area contributed by atoms with Gasteiger partial charge in [-0.25, -0.2) is 0 Å². The molecule has 0 bridgehead atoms. The molecule has 1 rings (SSSR count). The molecule has 0 fully saturated rings. The summed E-state index contributed by atoms with van der Waals surface area (Å²) in [5, 5.41) is 4.10. The highest BCUT2D eigenvalue weighted by Crippen LogP contribution is 2.26. The molecule has 0 aliphatic rings. The van der Waals surface area contributed by atoms with Gasteiger partial charge in [0.05, 0.1) is 12.0 Å². The van der Waals surface area contributed by atoms with Crippen molar-refractivity contribution in [2.75, 3.05) is 6.54 Å². The molecular formula is C15H22Cl2N2O. The third-order valence-electron chi connectivity index (χ3n) is 3.20. The molecule has 0 aliphatic heterocycles. The first-order valence-corrected chi connectivity index (χ1v) is 7.56. The molecule has 3 nitrogen and oxygen atoms in total. The second-order valence-corrected chi connectivity index (χ2v) is 6.30. The Hall–Kier alpha value is -0.770. The summed E-state index contributed by atoms with van der Waals surface area (Å²) < 4.78 is 0. The van der Waals surface area contributed by atoms with Gasteiger partial charge < -0.3 is 11.1 Å². The van der Waals surface area contributed by atoms with Gasteiger partial charge in [0.1, 0.15) is 0 Å². The summed E-state index contributed by atoms with van der Waals surface area (Å²) in [5.74, 6) is 0.243. The molecule has 0 aromatic heterocycles. The fourth-order valence-corrected chi connectivity index (χ4v) is 2.71. The monoisotopic (exact) mass is 316 g/mol. The van der Waals surface area contributed by atoms with Crippen molar-refractivity contribution in [1.29, 1.82) is 0 Å². The van der Waals surface area contributed by atoms with Crippen LogP contribution in [0.5, 0.6) is 0 Å². The average Bonchev–Trinajstić information content (AvgIpc) is 2.35. The van der Waals surface area contributed by atoms with Crippen LogP contribution in [0.1, 0.15) is 38.8 Å². The molecule has 5 heteroatoms. The van der Waals surface area contributed by atoms with E-state index in [1.165, 1.54) is 0 Å². The number of carbonyl (C=O) groups excluding carboxylic acids is 1. The predicted molar refractivity (Wildman–Crippen MR) is 85.0 cm³/mol. The molecule has 1 aromatic carbocycles. The minimum Gasteiger partial charge on any atom is -0.349 e. The molecule has 2 unspecified atom stereocenters. The van der Waals surface area contributed by atoms with Crippen molar-refractivity contribution in [3.05, 3.63) is 33.8 Å². The van der Waals surface area contributed by atoms with Gasteiger partial charge in [0, 0.05) is 16.6 Å². The number of rotatable bonds is 6. The van der Waals surface area contributed by atoms with E-state index in [2.05, 4.69) is 19.2 Å². The Bertz CT molecular complexity index is 463.